The predicted molar refractivity (Wildman–Crippen MR) is 91.4 cm³/mol. The minimum atomic E-state index is -0.557. The average molecular weight is 316 g/mol. The molecule has 0 saturated heterocycles. The van der Waals surface area contributed by atoms with Crippen molar-refractivity contribution in [2.24, 2.45) is 0 Å². The number of carbonyl (C=O) groups excluding carboxylic acids is 1. The molecule has 0 saturated carbocycles. The Balaban J connectivity index is 1.85. The van der Waals surface area contributed by atoms with Crippen LogP contribution in [0.2, 0.25) is 0 Å². The lowest BCUT2D eigenvalue weighted by molar-refractivity contribution is 0.0598. The highest BCUT2D eigenvalue weighted by Crippen LogP contribution is 2.20. The van der Waals surface area contributed by atoms with Gasteiger partial charge in [0.1, 0.15) is 0 Å². The Kier molecular flexibility index (Phi) is 6.38. The third kappa shape index (κ3) is 5.23. The lowest BCUT2D eigenvalue weighted by Crippen LogP contribution is -2.38. The molecule has 2 rings (SSSR count). The van der Waals surface area contributed by atoms with Crippen LogP contribution >= 0.6 is 0 Å². The van der Waals surface area contributed by atoms with E-state index in [1.165, 1.54) is 12.5 Å². The molecule has 0 aliphatic heterocycles. The molecule has 2 amide bonds. The van der Waals surface area contributed by atoms with Crippen LogP contribution in [0.5, 0.6) is 0 Å². The monoisotopic (exact) mass is 316 g/mol. The van der Waals surface area contributed by atoms with E-state index in [-0.39, 0.29) is 18.7 Å². The maximum atomic E-state index is 11.9. The molecule has 0 aliphatic rings. The zero-order valence-electron chi connectivity index (χ0n) is 13.6. The van der Waals surface area contributed by atoms with Crippen molar-refractivity contribution in [2.75, 3.05) is 20.3 Å². The lowest BCUT2D eigenvalue weighted by Gasteiger charge is -2.16. The van der Waals surface area contributed by atoms with Gasteiger partial charge in [-0.25, -0.2) is 4.79 Å². The zero-order valence-corrected chi connectivity index (χ0v) is 13.6. The quantitative estimate of drug-likeness (QED) is 0.735. The largest absolute Gasteiger partial charge is 0.391 e. The molecule has 5 nitrogen and oxygen atoms in total. The third-order valence-corrected chi connectivity index (χ3v) is 3.74. The summed E-state index contributed by atoms with van der Waals surface area (Å²) in [5, 5.41) is 17.5. The number of benzene rings is 2. The molecule has 124 valence electrons. The van der Waals surface area contributed by atoms with Crippen molar-refractivity contribution in [3.05, 3.63) is 48.0 Å². The second-order valence-electron chi connectivity index (χ2n) is 5.63. The van der Waals surface area contributed by atoms with Crippen molar-refractivity contribution in [2.45, 2.75) is 25.5 Å². The molecule has 23 heavy (non-hydrogen) atoms. The van der Waals surface area contributed by atoms with Gasteiger partial charge in [-0.2, -0.15) is 0 Å². The first kappa shape index (κ1) is 17.2. The van der Waals surface area contributed by atoms with E-state index in [9.17, 15) is 9.90 Å². The van der Waals surface area contributed by atoms with Gasteiger partial charge in [0, 0.05) is 13.7 Å². The molecular formula is C18H24N2O3. The SMILES string of the molecule is COCC(O)CCNC(=O)NC(C)c1ccc2ccccc2c1. The van der Waals surface area contributed by atoms with Gasteiger partial charge in [0.05, 0.1) is 18.8 Å². The molecule has 0 aliphatic carbocycles. The number of ether oxygens (including phenoxy) is 1. The van der Waals surface area contributed by atoms with Crippen LogP contribution in [-0.4, -0.2) is 37.5 Å². The Labute approximate surface area is 136 Å². The number of aliphatic hydroxyl groups excluding tert-OH is 1. The fourth-order valence-electron chi connectivity index (χ4n) is 2.44. The van der Waals surface area contributed by atoms with Crippen molar-refractivity contribution < 1.29 is 14.6 Å². The van der Waals surface area contributed by atoms with E-state index in [0.29, 0.717) is 13.0 Å². The molecule has 0 heterocycles. The van der Waals surface area contributed by atoms with Crippen LogP contribution in [0.1, 0.15) is 24.9 Å². The van der Waals surface area contributed by atoms with Crippen LogP contribution in [0.3, 0.4) is 0 Å². The molecule has 0 fully saturated rings. The van der Waals surface area contributed by atoms with Gasteiger partial charge in [0.2, 0.25) is 0 Å². The van der Waals surface area contributed by atoms with Crippen LogP contribution in [0.4, 0.5) is 4.79 Å². The molecule has 0 radical (unpaired) electrons. The summed E-state index contributed by atoms with van der Waals surface area (Å²) in [6.45, 7) is 2.63. The number of nitrogens with one attached hydrogen (secondary N) is 2. The number of methoxy groups -OCH3 is 1. The molecule has 2 atom stereocenters. The standard InChI is InChI=1S/C18H24N2O3/c1-13(20-18(22)19-10-9-17(21)12-23-2)15-8-7-14-5-3-4-6-16(14)11-15/h3-8,11,13,17,21H,9-10,12H2,1-2H3,(H2,19,20,22). The van der Waals surface area contributed by atoms with Gasteiger partial charge in [-0.05, 0) is 35.7 Å². The number of aliphatic hydroxyl groups is 1. The predicted octanol–water partition coefficient (Wildman–Crippen LogP) is 2.60. The van der Waals surface area contributed by atoms with Gasteiger partial charge in [-0.1, -0.05) is 36.4 Å². The summed E-state index contributed by atoms with van der Waals surface area (Å²) >= 11 is 0. The van der Waals surface area contributed by atoms with Crippen LogP contribution in [0.15, 0.2) is 42.5 Å². The highest BCUT2D eigenvalue weighted by molar-refractivity contribution is 5.83. The van der Waals surface area contributed by atoms with E-state index < -0.39 is 6.10 Å². The summed E-state index contributed by atoms with van der Waals surface area (Å²) < 4.78 is 4.84. The smallest absolute Gasteiger partial charge is 0.315 e. The Morgan fingerprint density at radius 3 is 2.70 bits per heavy atom. The first-order valence-corrected chi connectivity index (χ1v) is 7.80. The van der Waals surface area contributed by atoms with Gasteiger partial charge in [-0.3, -0.25) is 0 Å². The molecule has 2 unspecified atom stereocenters. The first-order chi connectivity index (χ1) is 11.1. The Bertz CT molecular complexity index is 645. The molecule has 5 heteroatoms. The molecular weight excluding hydrogens is 292 g/mol. The van der Waals surface area contributed by atoms with Crippen molar-refractivity contribution in [1.82, 2.24) is 10.6 Å². The van der Waals surface area contributed by atoms with Gasteiger partial charge < -0.3 is 20.5 Å². The Morgan fingerprint density at radius 2 is 1.96 bits per heavy atom. The van der Waals surface area contributed by atoms with Crippen LogP contribution < -0.4 is 10.6 Å². The number of rotatable bonds is 7. The topological polar surface area (TPSA) is 70.6 Å². The van der Waals surface area contributed by atoms with Gasteiger partial charge in [0.15, 0.2) is 0 Å². The summed E-state index contributed by atoms with van der Waals surface area (Å²) in [5.74, 6) is 0. The van der Waals surface area contributed by atoms with E-state index in [2.05, 4.69) is 34.9 Å². The highest BCUT2D eigenvalue weighted by atomic mass is 16.5. The summed E-state index contributed by atoms with van der Waals surface area (Å²) in [7, 11) is 1.54. The highest BCUT2D eigenvalue weighted by Gasteiger charge is 2.10. The van der Waals surface area contributed by atoms with Gasteiger partial charge in [0.25, 0.3) is 0 Å². The fraction of sp³-hybridized carbons (Fsp3) is 0.389. The summed E-state index contributed by atoms with van der Waals surface area (Å²) in [4.78, 5) is 11.9. The molecule has 0 spiro atoms. The van der Waals surface area contributed by atoms with Crippen LogP contribution in [0.25, 0.3) is 10.8 Å². The van der Waals surface area contributed by atoms with E-state index in [0.717, 1.165) is 10.9 Å². The maximum Gasteiger partial charge on any atom is 0.315 e. The summed E-state index contributed by atoms with van der Waals surface area (Å²) in [6, 6.07) is 14.0. The number of hydrogen-bond acceptors (Lipinski definition) is 3. The Hall–Kier alpha value is -2.11. The lowest BCUT2D eigenvalue weighted by atomic mass is 10.0. The van der Waals surface area contributed by atoms with Crippen molar-refractivity contribution in [1.29, 1.82) is 0 Å². The number of fused-ring (bicyclic) bond motifs is 1. The third-order valence-electron chi connectivity index (χ3n) is 3.74. The van der Waals surface area contributed by atoms with E-state index in [1.807, 2.05) is 25.1 Å². The van der Waals surface area contributed by atoms with Gasteiger partial charge in [-0.15, -0.1) is 0 Å². The first-order valence-electron chi connectivity index (χ1n) is 7.80. The minimum Gasteiger partial charge on any atom is -0.391 e. The summed E-state index contributed by atoms with van der Waals surface area (Å²) in [6.07, 6.45) is -0.0933. The van der Waals surface area contributed by atoms with E-state index in [1.54, 1.807) is 0 Å². The van der Waals surface area contributed by atoms with Crippen molar-refractivity contribution in [3.63, 3.8) is 0 Å². The van der Waals surface area contributed by atoms with Crippen molar-refractivity contribution >= 4 is 16.8 Å². The molecule has 0 bridgehead atoms. The van der Waals surface area contributed by atoms with Crippen LogP contribution in [-0.2, 0) is 4.74 Å². The second-order valence-corrected chi connectivity index (χ2v) is 5.63. The Morgan fingerprint density at radius 1 is 1.22 bits per heavy atom. The number of hydrogen-bond donors (Lipinski definition) is 3. The fourth-order valence-corrected chi connectivity index (χ4v) is 2.44. The zero-order chi connectivity index (χ0) is 16.7. The van der Waals surface area contributed by atoms with Crippen molar-refractivity contribution in [3.8, 4) is 0 Å². The van der Waals surface area contributed by atoms with E-state index in [4.69, 9.17) is 4.74 Å². The number of amides is 2. The summed E-state index contributed by atoms with van der Waals surface area (Å²) in [5.41, 5.74) is 1.05. The molecule has 2 aromatic rings. The van der Waals surface area contributed by atoms with E-state index >= 15 is 0 Å². The normalized spacial score (nSPS) is 13.5. The molecule has 3 N–H and O–H groups in total. The number of carbonyl (C=O) groups is 1. The van der Waals surface area contributed by atoms with Gasteiger partial charge >= 0.3 is 6.03 Å². The average Bonchev–Trinajstić information content (AvgIpc) is 2.54. The molecule has 0 aromatic heterocycles. The minimum absolute atomic E-state index is 0.0940. The maximum absolute atomic E-state index is 11.9. The number of urea groups is 1. The molecule has 2 aromatic carbocycles. The second kappa shape index (κ2) is 8.50. The van der Waals surface area contributed by atoms with Crippen LogP contribution in [0, 0.1) is 0 Å².